The summed E-state index contributed by atoms with van der Waals surface area (Å²) in [6, 6.07) is 6.69. The third kappa shape index (κ3) is 8.85. The highest BCUT2D eigenvalue weighted by Crippen LogP contribution is 2.25. The van der Waals surface area contributed by atoms with Crippen molar-refractivity contribution < 1.29 is 23.9 Å². The van der Waals surface area contributed by atoms with Crippen molar-refractivity contribution in [2.45, 2.75) is 71.6 Å². The molecule has 1 aromatic carbocycles. The molecule has 2 atom stereocenters. The number of hydrogen-bond acceptors (Lipinski definition) is 5. The molecule has 4 N–H and O–H groups in total. The van der Waals surface area contributed by atoms with Gasteiger partial charge in [-0.25, -0.2) is 4.79 Å². The molecule has 0 aliphatic carbocycles. The fourth-order valence-electron chi connectivity index (χ4n) is 3.06. The van der Waals surface area contributed by atoms with Crippen LogP contribution in [-0.4, -0.2) is 46.9 Å². The van der Waals surface area contributed by atoms with Crippen molar-refractivity contribution in [1.82, 2.24) is 15.5 Å². The molecule has 9 heteroatoms. The lowest BCUT2D eigenvalue weighted by atomic mass is 9.98. The van der Waals surface area contributed by atoms with E-state index in [-0.39, 0.29) is 0 Å². The number of nitrogens with one attached hydrogen (secondary N) is 2. The van der Waals surface area contributed by atoms with E-state index in [0.717, 1.165) is 23.3 Å². The average molecular weight is 459 g/mol. The maximum Gasteiger partial charge on any atom is 0.408 e. The molecule has 0 fully saturated rings. The predicted octanol–water partition coefficient (Wildman–Crippen LogP) is 2.14. The Balaban J connectivity index is 3.34. The van der Waals surface area contributed by atoms with Crippen molar-refractivity contribution in [3.63, 3.8) is 0 Å². The van der Waals surface area contributed by atoms with Gasteiger partial charge in [0.1, 0.15) is 17.7 Å². The SMILES string of the molecule is C#CN(C(=O)C(CC(N)=O)NC(=O)OC(C)(C)C)C(C(=O)NCCCC)c1ccccc1C. The molecule has 2 unspecified atom stereocenters. The van der Waals surface area contributed by atoms with Crippen LogP contribution >= 0.6 is 0 Å². The summed E-state index contributed by atoms with van der Waals surface area (Å²) in [6.45, 7) is 9.14. The van der Waals surface area contributed by atoms with Gasteiger partial charge in [-0.3, -0.25) is 19.3 Å². The molecular weight excluding hydrogens is 424 g/mol. The molecular formula is C24H34N4O5. The number of alkyl carbamates (subject to hydrolysis) is 1. The lowest BCUT2D eigenvalue weighted by Crippen LogP contribution is -2.52. The van der Waals surface area contributed by atoms with E-state index in [0.29, 0.717) is 12.1 Å². The van der Waals surface area contributed by atoms with Gasteiger partial charge in [-0.2, -0.15) is 0 Å². The molecule has 0 aliphatic rings. The summed E-state index contributed by atoms with van der Waals surface area (Å²) >= 11 is 0. The number of ether oxygens (including phenoxy) is 1. The number of amides is 4. The van der Waals surface area contributed by atoms with Crippen LogP contribution in [0.25, 0.3) is 0 Å². The molecule has 180 valence electrons. The third-order valence-corrected chi connectivity index (χ3v) is 4.59. The van der Waals surface area contributed by atoms with Crippen molar-refractivity contribution in [2.24, 2.45) is 5.73 Å². The molecule has 0 saturated carbocycles. The Morgan fingerprint density at radius 1 is 1.21 bits per heavy atom. The average Bonchev–Trinajstić information content (AvgIpc) is 2.70. The summed E-state index contributed by atoms with van der Waals surface area (Å²) in [5, 5.41) is 5.15. The first-order valence-electron chi connectivity index (χ1n) is 10.8. The Labute approximate surface area is 195 Å². The van der Waals surface area contributed by atoms with Crippen LogP contribution in [0.3, 0.4) is 0 Å². The summed E-state index contributed by atoms with van der Waals surface area (Å²) < 4.78 is 5.19. The molecule has 0 saturated heterocycles. The number of nitrogens with two attached hydrogens (primary N) is 1. The molecule has 0 spiro atoms. The lowest BCUT2D eigenvalue weighted by Gasteiger charge is -2.30. The van der Waals surface area contributed by atoms with E-state index >= 15 is 0 Å². The molecule has 33 heavy (non-hydrogen) atoms. The van der Waals surface area contributed by atoms with Crippen molar-refractivity contribution in [2.75, 3.05) is 6.54 Å². The van der Waals surface area contributed by atoms with E-state index in [1.807, 2.05) is 6.92 Å². The maximum atomic E-state index is 13.4. The summed E-state index contributed by atoms with van der Waals surface area (Å²) in [5.74, 6) is -2.14. The normalized spacial score (nSPS) is 12.6. The van der Waals surface area contributed by atoms with Gasteiger partial charge in [-0.15, -0.1) is 0 Å². The molecule has 0 heterocycles. The zero-order valence-electron chi connectivity index (χ0n) is 19.9. The number of hydrogen-bond donors (Lipinski definition) is 3. The maximum absolute atomic E-state index is 13.4. The standard InChI is InChI=1S/C24H34N4O5/c1-7-9-14-26-21(30)20(17-13-11-10-12-16(17)3)28(8-2)22(31)18(15-19(25)29)27-23(32)33-24(4,5)6/h2,10-13,18,20H,7,9,14-15H2,1,3-6H3,(H2,25,29)(H,26,30)(H,27,32). The van der Waals surface area contributed by atoms with Crippen molar-refractivity contribution in [1.29, 1.82) is 0 Å². The van der Waals surface area contributed by atoms with E-state index < -0.39 is 47.9 Å². The van der Waals surface area contributed by atoms with Crippen LogP contribution in [0, 0.1) is 19.4 Å². The van der Waals surface area contributed by atoms with Crippen LogP contribution in [-0.2, 0) is 19.1 Å². The van der Waals surface area contributed by atoms with Crippen LogP contribution in [0.1, 0.15) is 64.1 Å². The number of nitrogens with zero attached hydrogens (tertiary/aromatic N) is 1. The molecule has 1 rings (SSSR count). The van der Waals surface area contributed by atoms with Crippen molar-refractivity contribution >= 4 is 23.8 Å². The second kappa shape index (κ2) is 12.5. The number of primary amides is 1. The minimum absolute atomic E-state index is 0.408. The number of carbonyl (C=O) groups excluding carboxylic acids is 4. The van der Waals surface area contributed by atoms with Gasteiger partial charge in [0.05, 0.1) is 6.42 Å². The van der Waals surface area contributed by atoms with Crippen LogP contribution in [0.2, 0.25) is 0 Å². The Morgan fingerprint density at radius 3 is 2.36 bits per heavy atom. The largest absolute Gasteiger partial charge is 0.444 e. The third-order valence-electron chi connectivity index (χ3n) is 4.59. The van der Waals surface area contributed by atoms with E-state index in [1.165, 1.54) is 0 Å². The van der Waals surface area contributed by atoms with Gasteiger partial charge < -0.3 is 21.1 Å². The molecule has 0 radical (unpaired) electrons. The number of aryl methyl sites for hydroxylation is 1. The minimum Gasteiger partial charge on any atom is -0.444 e. The minimum atomic E-state index is -1.41. The molecule has 0 aromatic heterocycles. The fourth-order valence-corrected chi connectivity index (χ4v) is 3.06. The van der Waals surface area contributed by atoms with Gasteiger partial charge in [-0.05, 0) is 45.2 Å². The first-order chi connectivity index (χ1) is 15.4. The van der Waals surface area contributed by atoms with E-state index in [4.69, 9.17) is 16.9 Å². The predicted molar refractivity (Wildman–Crippen MR) is 124 cm³/mol. The molecule has 9 nitrogen and oxygen atoms in total. The Bertz CT molecular complexity index is 901. The van der Waals surface area contributed by atoms with Crippen molar-refractivity contribution in [3.05, 3.63) is 35.4 Å². The van der Waals surface area contributed by atoms with Gasteiger partial charge >= 0.3 is 6.09 Å². The van der Waals surface area contributed by atoms with Crippen LogP contribution in [0.5, 0.6) is 0 Å². The van der Waals surface area contributed by atoms with E-state index in [1.54, 1.807) is 52.0 Å². The fraction of sp³-hybridized carbons (Fsp3) is 0.500. The van der Waals surface area contributed by atoms with E-state index in [2.05, 4.69) is 16.7 Å². The smallest absolute Gasteiger partial charge is 0.408 e. The highest BCUT2D eigenvalue weighted by atomic mass is 16.6. The Kier molecular flexibility index (Phi) is 10.4. The van der Waals surface area contributed by atoms with Gasteiger partial charge in [0.2, 0.25) is 11.8 Å². The van der Waals surface area contributed by atoms with Gasteiger partial charge in [0.15, 0.2) is 0 Å². The molecule has 0 aliphatic heterocycles. The monoisotopic (exact) mass is 458 g/mol. The highest BCUT2D eigenvalue weighted by molar-refractivity contribution is 5.95. The summed E-state index contributed by atoms with van der Waals surface area (Å²) in [4.78, 5) is 51.3. The Hall–Kier alpha value is -3.54. The first-order valence-corrected chi connectivity index (χ1v) is 10.8. The van der Waals surface area contributed by atoms with Gasteiger partial charge in [0, 0.05) is 12.6 Å². The first kappa shape index (κ1) is 27.5. The number of rotatable bonds is 10. The quantitative estimate of drug-likeness (QED) is 0.281. The number of unbranched alkanes of at least 4 members (excludes halogenated alkanes) is 1. The molecule has 4 amide bonds. The molecule has 1 aromatic rings. The Morgan fingerprint density at radius 2 is 1.85 bits per heavy atom. The van der Waals surface area contributed by atoms with Gasteiger partial charge in [0.25, 0.3) is 5.91 Å². The van der Waals surface area contributed by atoms with E-state index in [9.17, 15) is 19.2 Å². The van der Waals surface area contributed by atoms with Crippen LogP contribution in [0.15, 0.2) is 24.3 Å². The number of terminal acetylenes is 1. The van der Waals surface area contributed by atoms with Crippen molar-refractivity contribution in [3.8, 4) is 12.5 Å². The van der Waals surface area contributed by atoms with Crippen LogP contribution in [0.4, 0.5) is 4.79 Å². The highest BCUT2D eigenvalue weighted by Gasteiger charge is 2.37. The van der Waals surface area contributed by atoms with Gasteiger partial charge in [-0.1, -0.05) is 44.0 Å². The summed E-state index contributed by atoms with van der Waals surface area (Å²) in [7, 11) is 0. The number of benzene rings is 1. The van der Waals surface area contributed by atoms with Crippen LogP contribution < -0.4 is 16.4 Å². The topological polar surface area (TPSA) is 131 Å². The number of carbonyl (C=O) groups is 4. The zero-order chi connectivity index (χ0) is 25.2. The zero-order valence-corrected chi connectivity index (χ0v) is 19.9. The second-order valence-electron chi connectivity index (χ2n) is 8.61. The second-order valence-corrected chi connectivity index (χ2v) is 8.61. The molecule has 0 bridgehead atoms. The lowest BCUT2D eigenvalue weighted by molar-refractivity contribution is -0.139. The summed E-state index contributed by atoms with van der Waals surface area (Å²) in [6.07, 6.45) is 5.85. The summed E-state index contributed by atoms with van der Waals surface area (Å²) in [5.41, 5.74) is 5.73.